The van der Waals surface area contributed by atoms with Crippen molar-refractivity contribution in [3.63, 3.8) is 0 Å². The number of rotatable bonds is 1. The first-order valence-electron chi connectivity index (χ1n) is 3.46. The summed E-state index contributed by atoms with van der Waals surface area (Å²) >= 11 is 11.4. The van der Waals surface area contributed by atoms with Crippen molar-refractivity contribution in [1.29, 1.82) is 0 Å². The molecular formula is C8H9Cl2NO. The second-order valence-electron chi connectivity index (χ2n) is 2.61. The molecule has 0 radical (unpaired) electrons. The second-order valence-corrected chi connectivity index (χ2v) is 3.46. The van der Waals surface area contributed by atoms with Crippen molar-refractivity contribution in [2.45, 2.75) is 13.0 Å². The minimum absolute atomic E-state index is 0.0102. The van der Waals surface area contributed by atoms with E-state index >= 15 is 0 Å². The first kappa shape index (κ1) is 9.65. The molecule has 0 bridgehead atoms. The van der Waals surface area contributed by atoms with Crippen LogP contribution in [0.25, 0.3) is 0 Å². The van der Waals surface area contributed by atoms with Crippen LogP contribution < -0.4 is 5.73 Å². The smallest absolute Gasteiger partial charge is 0.139 e. The van der Waals surface area contributed by atoms with E-state index in [1.165, 1.54) is 6.07 Å². The van der Waals surface area contributed by atoms with Crippen LogP contribution in [0.1, 0.15) is 18.5 Å². The molecule has 3 N–H and O–H groups in total. The number of halogens is 2. The molecule has 1 aromatic rings. The van der Waals surface area contributed by atoms with Gasteiger partial charge in [-0.15, -0.1) is 0 Å². The van der Waals surface area contributed by atoms with Gasteiger partial charge >= 0.3 is 0 Å². The number of hydrogen-bond acceptors (Lipinski definition) is 2. The predicted octanol–water partition coefficient (Wildman–Crippen LogP) is 2.72. The van der Waals surface area contributed by atoms with Gasteiger partial charge in [-0.2, -0.15) is 0 Å². The van der Waals surface area contributed by atoms with Crippen molar-refractivity contribution in [2.24, 2.45) is 5.73 Å². The molecule has 1 atom stereocenters. The molecule has 2 nitrogen and oxygen atoms in total. The topological polar surface area (TPSA) is 46.2 Å². The Morgan fingerprint density at radius 1 is 1.42 bits per heavy atom. The van der Waals surface area contributed by atoms with Gasteiger partial charge in [0, 0.05) is 16.6 Å². The zero-order valence-corrected chi connectivity index (χ0v) is 8.02. The molecular weight excluding hydrogens is 197 g/mol. The van der Waals surface area contributed by atoms with Crippen molar-refractivity contribution >= 4 is 23.2 Å². The highest BCUT2D eigenvalue weighted by Gasteiger charge is 2.10. The lowest BCUT2D eigenvalue weighted by Gasteiger charge is -2.09. The van der Waals surface area contributed by atoms with Gasteiger partial charge in [-0.05, 0) is 19.1 Å². The number of phenolic OH excluding ortho intramolecular Hbond substituents is 1. The van der Waals surface area contributed by atoms with Crippen LogP contribution in [0, 0.1) is 0 Å². The Morgan fingerprint density at radius 3 is 2.50 bits per heavy atom. The van der Waals surface area contributed by atoms with Crippen molar-refractivity contribution in [1.82, 2.24) is 0 Å². The number of phenols is 1. The van der Waals surface area contributed by atoms with Crippen molar-refractivity contribution in [3.8, 4) is 5.75 Å². The van der Waals surface area contributed by atoms with Crippen LogP contribution in [0.4, 0.5) is 0 Å². The molecule has 0 saturated heterocycles. The Labute approximate surface area is 80.9 Å². The molecule has 0 spiro atoms. The molecule has 12 heavy (non-hydrogen) atoms. The van der Waals surface area contributed by atoms with Crippen LogP contribution in [0.15, 0.2) is 12.1 Å². The Hall–Kier alpha value is -0.440. The van der Waals surface area contributed by atoms with Crippen LogP contribution >= 0.6 is 23.2 Å². The van der Waals surface area contributed by atoms with Crippen LogP contribution in [0.2, 0.25) is 10.0 Å². The summed E-state index contributed by atoms with van der Waals surface area (Å²) in [7, 11) is 0. The molecule has 4 heteroatoms. The van der Waals surface area contributed by atoms with Gasteiger partial charge in [0.2, 0.25) is 0 Å². The zero-order chi connectivity index (χ0) is 9.30. The molecule has 0 saturated carbocycles. The third-order valence-corrected chi connectivity index (χ3v) is 2.05. The Morgan fingerprint density at radius 2 is 2.00 bits per heavy atom. The van der Waals surface area contributed by atoms with Gasteiger partial charge in [-0.25, -0.2) is 0 Å². The first-order valence-corrected chi connectivity index (χ1v) is 4.21. The minimum Gasteiger partial charge on any atom is -0.506 e. The summed E-state index contributed by atoms with van der Waals surface area (Å²) in [6.45, 7) is 1.75. The molecule has 0 amide bonds. The van der Waals surface area contributed by atoms with Gasteiger partial charge in [0.25, 0.3) is 0 Å². The molecule has 0 unspecified atom stereocenters. The number of nitrogens with two attached hydrogens (primary N) is 1. The van der Waals surface area contributed by atoms with E-state index in [0.29, 0.717) is 10.6 Å². The summed E-state index contributed by atoms with van der Waals surface area (Å²) in [5, 5.41) is 10.1. The maximum Gasteiger partial charge on any atom is 0.139 e. The first-order chi connectivity index (χ1) is 5.52. The maximum absolute atomic E-state index is 9.42. The molecule has 66 valence electrons. The van der Waals surface area contributed by atoms with E-state index in [9.17, 15) is 5.11 Å². The lowest BCUT2D eigenvalue weighted by molar-refractivity contribution is 0.464. The SMILES string of the molecule is C[C@@H](N)c1cc(Cl)cc(Cl)c1O. The van der Waals surface area contributed by atoms with Gasteiger partial charge in [0.05, 0.1) is 5.02 Å². The van der Waals surface area contributed by atoms with Crippen LogP contribution in [-0.4, -0.2) is 5.11 Å². The maximum atomic E-state index is 9.42. The van der Waals surface area contributed by atoms with Crippen molar-refractivity contribution < 1.29 is 5.11 Å². The average Bonchev–Trinajstić information content (AvgIpc) is 1.96. The highest BCUT2D eigenvalue weighted by atomic mass is 35.5. The third kappa shape index (κ3) is 1.83. The third-order valence-electron chi connectivity index (χ3n) is 1.55. The fourth-order valence-electron chi connectivity index (χ4n) is 0.933. The molecule has 1 aromatic carbocycles. The monoisotopic (exact) mass is 205 g/mol. The zero-order valence-electron chi connectivity index (χ0n) is 6.51. The summed E-state index contributed by atoms with van der Waals surface area (Å²) in [6, 6.07) is 2.80. The van der Waals surface area contributed by atoms with Gasteiger partial charge in [0.15, 0.2) is 0 Å². The quantitative estimate of drug-likeness (QED) is 0.741. The van der Waals surface area contributed by atoms with E-state index in [0.717, 1.165) is 0 Å². The molecule has 0 aliphatic rings. The van der Waals surface area contributed by atoms with E-state index in [1.807, 2.05) is 0 Å². The Bertz CT molecular complexity index is 299. The summed E-state index contributed by atoms with van der Waals surface area (Å²) in [5.41, 5.74) is 6.14. The van der Waals surface area contributed by atoms with E-state index in [2.05, 4.69) is 0 Å². The van der Waals surface area contributed by atoms with Crippen molar-refractivity contribution in [2.75, 3.05) is 0 Å². The van der Waals surface area contributed by atoms with Crippen LogP contribution in [-0.2, 0) is 0 Å². The van der Waals surface area contributed by atoms with Gasteiger partial charge in [-0.3, -0.25) is 0 Å². The number of hydrogen-bond donors (Lipinski definition) is 2. The summed E-state index contributed by atoms with van der Waals surface area (Å²) < 4.78 is 0. The average molecular weight is 206 g/mol. The predicted molar refractivity (Wildman–Crippen MR) is 50.7 cm³/mol. The largest absolute Gasteiger partial charge is 0.506 e. The van der Waals surface area contributed by atoms with Gasteiger partial charge < -0.3 is 10.8 Å². The van der Waals surface area contributed by atoms with Gasteiger partial charge in [-0.1, -0.05) is 23.2 Å². The van der Waals surface area contributed by atoms with E-state index < -0.39 is 0 Å². The lowest BCUT2D eigenvalue weighted by Crippen LogP contribution is -2.05. The summed E-state index contributed by atoms with van der Waals surface area (Å²) in [4.78, 5) is 0. The van der Waals surface area contributed by atoms with Gasteiger partial charge in [0.1, 0.15) is 5.75 Å². The number of aromatic hydroxyl groups is 1. The van der Waals surface area contributed by atoms with Crippen LogP contribution in [0.5, 0.6) is 5.75 Å². The minimum atomic E-state index is -0.277. The summed E-state index contributed by atoms with van der Waals surface area (Å²) in [6.07, 6.45) is 0. The second kappa shape index (κ2) is 3.52. The summed E-state index contributed by atoms with van der Waals surface area (Å²) in [5.74, 6) is 0.0102. The van der Waals surface area contributed by atoms with Crippen molar-refractivity contribution in [3.05, 3.63) is 27.7 Å². The molecule has 0 aromatic heterocycles. The molecule has 1 rings (SSSR count). The van der Waals surface area contributed by atoms with E-state index in [1.54, 1.807) is 13.0 Å². The van der Waals surface area contributed by atoms with Crippen LogP contribution in [0.3, 0.4) is 0 Å². The Kier molecular flexibility index (Phi) is 2.83. The van der Waals surface area contributed by atoms with E-state index in [-0.39, 0.29) is 16.8 Å². The lowest BCUT2D eigenvalue weighted by atomic mass is 10.1. The molecule has 0 aliphatic carbocycles. The normalized spacial score (nSPS) is 13.0. The molecule has 0 heterocycles. The Balaban J connectivity index is 3.28. The molecule has 0 aliphatic heterocycles. The highest BCUT2D eigenvalue weighted by Crippen LogP contribution is 2.33. The standard InChI is InChI=1S/C8H9Cl2NO/c1-4(11)6-2-5(9)3-7(10)8(6)12/h2-4,12H,11H2,1H3/t4-/m1/s1. The van der Waals surface area contributed by atoms with E-state index in [4.69, 9.17) is 28.9 Å². The highest BCUT2D eigenvalue weighted by molar-refractivity contribution is 6.35. The fraction of sp³-hybridized carbons (Fsp3) is 0.250. The number of benzene rings is 1. The fourth-order valence-corrected chi connectivity index (χ4v) is 1.44. The molecule has 0 fully saturated rings.